The maximum atomic E-state index is 5.25. The lowest BCUT2D eigenvalue weighted by atomic mass is 9.81. The molecule has 1 aromatic carbocycles. The van der Waals surface area contributed by atoms with Gasteiger partial charge >= 0.3 is 0 Å². The van der Waals surface area contributed by atoms with Gasteiger partial charge in [-0.1, -0.05) is 19.1 Å². The summed E-state index contributed by atoms with van der Waals surface area (Å²) in [4.78, 5) is 0. The molecule has 1 saturated heterocycles. The molecular formula is C11H15NO. The summed E-state index contributed by atoms with van der Waals surface area (Å²) in [6, 6.07) is 8.53. The number of rotatable bonds is 2. The first-order valence-electron chi connectivity index (χ1n) is 4.61. The molecule has 0 radical (unpaired) electrons. The van der Waals surface area contributed by atoms with Crippen LogP contribution in [0.4, 0.5) is 5.69 Å². The van der Waals surface area contributed by atoms with Gasteiger partial charge in [-0.05, 0) is 17.7 Å². The maximum Gasteiger partial charge on any atom is 0.0582 e. The van der Waals surface area contributed by atoms with E-state index in [-0.39, 0.29) is 5.41 Å². The van der Waals surface area contributed by atoms with Crippen molar-refractivity contribution in [1.29, 1.82) is 0 Å². The molecule has 1 fully saturated rings. The van der Waals surface area contributed by atoms with Gasteiger partial charge in [-0.3, -0.25) is 0 Å². The Morgan fingerprint density at radius 1 is 1.38 bits per heavy atom. The average Bonchev–Trinajstić information content (AvgIpc) is 2.14. The minimum absolute atomic E-state index is 0.243. The molecule has 1 heterocycles. The predicted molar refractivity (Wildman–Crippen MR) is 54.2 cm³/mol. The van der Waals surface area contributed by atoms with Gasteiger partial charge in [-0.15, -0.1) is 0 Å². The molecule has 0 aromatic heterocycles. The zero-order valence-electron chi connectivity index (χ0n) is 8.13. The molecule has 1 aliphatic heterocycles. The van der Waals surface area contributed by atoms with Gasteiger partial charge < -0.3 is 10.1 Å². The second-order valence-electron chi connectivity index (χ2n) is 3.88. The molecule has 2 heteroatoms. The average molecular weight is 177 g/mol. The lowest BCUT2D eigenvalue weighted by Gasteiger charge is -2.38. The van der Waals surface area contributed by atoms with E-state index in [1.54, 1.807) is 0 Å². The van der Waals surface area contributed by atoms with Crippen LogP contribution >= 0.6 is 0 Å². The van der Waals surface area contributed by atoms with Crippen molar-refractivity contribution in [3.63, 3.8) is 0 Å². The summed E-state index contributed by atoms with van der Waals surface area (Å²) < 4.78 is 5.25. The monoisotopic (exact) mass is 177 g/mol. The van der Waals surface area contributed by atoms with Crippen molar-refractivity contribution >= 4 is 5.69 Å². The molecule has 2 nitrogen and oxygen atoms in total. The second kappa shape index (κ2) is 3.04. The van der Waals surface area contributed by atoms with E-state index in [9.17, 15) is 0 Å². The Morgan fingerprint density at radius 3 is 2.69 bits per heavy atom. The molecule has 0 amide bonds. The van der Waals surface area contributed by atoms with Crippen molar-refractivity contribution in [1.82, 2.24) is 0 Å². The number of hydrogen-bond donors (Lipinski definition) is 1. The molecule has 0 spiro atoms. The zero-order chi connectivity index (χ0) is 9.31. The van der Waals surface area contributed by atoms with Crippen LogP contribution in [0.25, 0.3) is 0 Å². The van der Waals surface area contributed by atoms with Crippen molar-refractivity contribution in [3.05, 3.63) is 29.8 Å². The molecule has 0 aliphatic carbocycles. The lowest BCUT2D eigenvalue weighted by Crippen LogP contribution is -2.43. The van der Waals surface area contributed by atoms with E-state index in [4.69, 9.17) is 4.74 Å². The number of nitrogens with one attached hydrogen (secondary N) is 1. The van der Waals surface area contributed by atoms with Gasteiger partial charge in [0.1, 0.15) is 0 Å². The van der Waals surface area contributed by atoms with Crippen molar-refractivity contribution in [2.45, 2.75) is 12.3 Å². The summed E-state index contributed by atoms with van der Waals surface area (Å²) in [6.45, 7) is 3.94. The summed E-state index contributed by atoms with van der Waals surface area (Å²) >= 11 is 0. The fraction of sp³-hybridized carbons (Fsp3) is 0.455. The van der Waals surface area contributed by atoms with E-state index in [0.29, 0.717) is 0 Å². The van der Waals surface area contributed by atoms with Crippen molar-refractivity contribution in [2.75, 3.05) is 25.6 Å². The highest BCUT2D eigenvalue weighted by Gasteiger charge is 2.35. The first kappa shape index (κ1) is 8.57. The van der Waals surface area contributed by atoms with Crippen LogP contribution in [0.3, 0.4) is 0 Å². The first-order chi connectivity index (χ1) is 6.24. The highest BCUT2D eigenvalue weighted by Crippen LogP contribution is 2.32. The fourth-order valence-corrected chi connectivity index (χ4v) is 1.63. The zero-order valence-corrected chi connectivity index (χ0v) is 8.13. The third kappa shape index (κ3) is 1.42. The van der Waals surface area contributed by atoms with E-state index in [0.717, 1.165) is 13.2 Å². The minimum atomic E-state index is 0.243. The van der Waals surface area contributed by atoms with Crippen LogP contribution in [0.1, 0.15) is 12.5 Å². The smallest absolute Gasteiger partial charge is 0.0582 e. The predicted octanol–water partition coefficient (Wildman–Crippen LogP) is 2.02. The Labute approximate surface area is 78.9 Å². The van der Waals surface area contributed by atoms with Gasteiger partial charge in [0.05, 0.1) is 13.2 Å². The number of benzene rings is 1. The molecule has 0 unspecified atom stereocenters. The lowest BCUT2D eigenvalue weighted by molar-refractivity contribution is -0.0499. The summed E-state index contributed by atoms with van der Waals surface area (Å²) in [7, 11) is 1.94. The molecule has 2 rings (SSSR count). The topological polar surface area (TPSA) is 21.3 Å². The standard InChI is InChI=1S/C11H15NO/c1-11(7-13-8-11)9-4-3-5-10(6-9)12-2/h3-6,12H,7-8H2,1-2H3. The van der Waals surface area contributed by atoms with Crippen LogP contribution in [0.5, 0.6) is 0 Å². The Hall–Kier alpha value is -1.02. The second-order valence-corrected chi connectivity index (χ2v) is 3.88. The van der Waals surface area contributed by atoms with Gasteiger partial charge in [-0.2, -0.15) is 0 Å². The van der Waals surface area contributed by atoms with Gasteiger partial charge in [0.2, 0.25) is 0 Å². The SMILES string of the molecule is CNc1cccc(C2(C)COC2)c1. The third-order valence-electron chi connectivity index (χ3n) is 2.69. The Morgan fingerprint density at radius 2 is 2.15 bits per heavy atom. The van der Waals surface area contributed by atoms with Gasteiger partial charge in [-0.25, -0.2) is 0 Å². The Balaban J connectivity index is 2.29. The van der Waals surface area contributed by atoms with Crippen LogP contribution in [-0.4, -0.2) is 20.3 Å². The molecule has 0 bridgehead atoms. The van der Waals surface area contributed by atoms with E-state index in [1.807, 2.05) is 7.05 Å². The molecule has 1 aliphatic rings. The van der Waals surface area contributed by atoms with Crippen molar-refractivity contribution < 1.29 is 4.74 Å². The van der Waals surface area contributed by atoms with E-state index in [2.05, 4.69) is 36.5 Å². The van der Waals surface area contributed by atoms with Crippen molar-refractivity contribution in [3.8, 4) is 0 Å². The molecule has 0 saturated carbocycles. The number of ether oxygens (including phenoxy) is 1. The highest BCUT2D eigenvalue weighted by molar-refractivity contribution is 5.47. The van der Waals surface area contributed by atoms with Crippen LogP contribution in [0.2, 0.25) is 0 Å². The third-order valence-corrected chi connectivity index (χ3v) is 2.69. The van der Waals surface area contributed by atoms with Crippen LogP contribution < -0.4 is 5.32 Å². The van der Waals surface area contributed by atoms with Crippen LogP contribution in [0.15, 0.2) is 24.3 Å². The first-order valence-corrected chi connectivity index (χ1v) is 4.61. The highest BCUT2D eigenvalue weighted by atomic mass is 16.5. The molecular weight excluding hydrogens is 162 g/mol. The molecule has 13 heavy (non-hydrogen) atoms. The molecule has 1 aromatic rings. The number of anilines is 1. The molecule has 1 N–H and O–H groups in total. The Kier molecular flexibility index (Phi) is 2.00. The normalized spacial score (nSPS) is 19.2. The largest absolute Gasteiger partial charge is 0.388 e. The fourth-order valence-electron chi connectivity index (χ4n) is 1.63. The maximum absolute atomic E-state index is 5.25. The van der Waals surface area contributed by atoms with Gasteiger partial charge in [0.25, 0.3) is 0 Å². The van der Waals surface area contributed by atoms with E-state index >= 15 is 0 Å². The summed E-state index contributed by atoms with van der Waals surface area (Å²) in [5.41, 5.74) is 2.78. The Bertz CT molecular complexity index is 305. The van der Waals surface area contributed by atoms with Crippen LogP contribution in [-0.2, 0) is 10.2 Å². The summed E-state index contributed by atoms with van der Waals surface area (Å²) in [5.74, 6) is 0. The molecule has 70 valence electrons. The van der Waals surface area contributed by atoms with Gasteiger partial charge in [0.15, 0.2) is 0 Å². The minimum Gasteiger partial charge on any atom is -0.388 e. The van der Waals surface area contributed by atoms with E-state index < -0.39 is 0 Å². The summed E-state index contributed by atoms with van der Waals surface area (Å²) in [5, 5.41) is 3.15. The van der Waals surface area contributed by atoms with E-state index in [1.165, 1.54) is 11.3 Å². The quantitative estimate of drug-likeness (QED) is 0.746. The van der Waals surface area contributed by atoms with Gasteiger partial charge in [0, 0.05) is 18.2 Å². The number of hydrogen-bond acceptors (Lipinski definition) is 2. The van der Waals surface area contributed by atoms with Crippen LogP contribution in [0, 0.1) is 0 Å². The summed E-state index contributed by atoms with van der Waals surface area (Å²) in [6.07, 6.45) is 0. The molecule has 0 atom stereocenters. The van der Waals surface area contributed by atoms with Crippen molar-refractivity contribution in [2.24, 2.45) is 0 Å².